The third kappa shape index (κ3) is 3.36. The maximum absolute atomic E-state index is 6.31. The van der Waals surface area contributed by atoms with Gasteiger partial charge in [0.2, 0.25) is 0 Å². The number of benzene rings is 2. The summed E-state index contributed by atoms with van der Waals surface area (Å²) in [6.07, 6.45) is 0.848. The quantitative estimate of drug-likeness (QED) is 0.906. The van der Waals surface area contributed by atoms with Gasteiger partial charge in [0, 0.05) is 6.04 Å². The van der Waals surface area contributed by atoms with Gasteiger partial charge in [-0.05, 0) is 49.1 Å². The van der Waals surface area contributed by atoms with E-state index in [4.69, 9.17) is 10.5 Å². The lowest BCUT2D eigenvalue weighted by atomic mass is 9.95. The van der Waals surface area contributed by atoms with E-state index in [2.05, 4.69) is 38.1 Å². The molecule has 1 atom stereocenters. The molecule has 2 rings (SSSR count). The molecular formula is C17H21NO. The van der Waals surface area contributed by atoms with E-state index in [-0.39, 0.29) is 6.04 Å². The van der Waals surface area contributed by atoms with Crippen molar-refractivity contribution < 1.29 is 4.74 Å². The first-order valence-electron chi connectivity index (χ1n) is 6.56. The summed E-state index contributed by atoms with van der Waals surface area (Å²) < 4.78 is 5.24. The smallest absolute Gasteiger partial charge is 0.119 e. The van der Waals surface area contributed by atoms with Crippen LogP contribution in [0.1, 0.15) is 28.3 Å². The van der Waals surface area contributed by atoms with Crippen molar-refractivity contribution in [3.8, 4) is 5.75 Å². The van der Waals surface area contributed by atoms with Crippen LogP contribution in [0.3, 0.4) is 0 Å². The van der Waals surface area contributed by atoms with Crippen LogP contribution in [-0.2, 0) is 6.42 Å². The number of methoxy groups -OCH3 is 1. The molecule has 0 saturated carbocycles. The molecule has 0 radical (unpaired) electrons. The maximum Gasteiger partial charge on any atom is 0.119 e. The summed E-state index contributed by atoms with van der Waals surface area (Å²) in [5.74, 6) is 0.855. The molecule has 0 fully saturated rings. The van der Waals surface area contributed by atoms with Crippen LogP contribution < -0.4 is 10.5 Å². The summed E-state index contributed by atoms with van der Waals surface area (Å²) in [6, 6.07) is 14.5. The van der Waals surface area contributed by atoms with Crippen LogP contribution in [0.2, 0.25) is 0 Å². The number of hydrogen-bond donors (Lipinski definition) is 1. The molecule has 0 aromatic heterocycles. The molecule has 0 bridgehead atoms. The number of aryl methyl sites for hydroxylation is 2. The zero-order valence-electron chi connectivity index (χ0n) is 11.8. The van der Waals surface area contributed by atoms with Crippen molar-refractivity contribution in [2.24, 2.45) is 5.73 Å². The molecule has 2 aromatic carbocycles. The Hall–Kier alpha value is -1.80. The maximum atomic E-state index is 6.31. The van der Waals surface area contributed by atoms with E-state index in [0.29, 0.717) is 0 Å². The predicted octanol–water partition coefficient (Wildman–Crippen LogP) is 3.55. The molecule has 0 aliphatic rings. The van der Waals surface area contributed by atoms with E-state index in [1.807, 2.05) is 18.2 Å². The molecule has 0 amide bonds. The van der Waals surface area contributed by atoms with Crippen LogP contribution in [-0.4, -0.2) is 7.11 Å². The standard InChI is InChI=1S/C17H21NO/c1-12-7-8-13(2)15(9-12)11-17(18)14-5-4-6-16(10-14)19-3/h4-10,17H,11,18H2,1-3H3. The van der Waals surface area contributed by atoms with E-state index in [1.165, 1.54) is 16.7 Å². The fourth-order valence-electron chi connectivity index (χ4n) is 2.25. The first-order valence-corrected chi connectivity index (χ1v) is 6.56. The Morgan fingerprint density at radius 3 is 2.63 bits per heavy atom. The molecule has 100 valence electrons. The first kappa shape index (κ1) is 13.6. The highest BCUT2D eigenvalue weighted by atomic mass is 16.5. The average molecular weight is 255 g/mol. The van der Waals surface area contributed by atoms with Crippen molar-refractivity contribution in [3.63, 3.8) is 0 Å². The Labute approximate surface area is 115 Å². The second-order valence-corrected chi connectivity index (χ2v) is 5.02. The first-order chi connectivity index (χ1) is 9.10. The Balaban J connectivity index is 2.20. The molecular weight excluding hydrogens is 234 g/mol. The molecule has 0 spiro atoms. The van der Waals surface area contributed by atoms with E-state index in [0.717, 1.165) is 17.7 Å². The van der Waals surface area contributed by atoms with Gasteiger partial charge >= 0.3 is 0 Å². The number of ether oxygens (including phenoxy) is 1. The van der Waals surface area contributed by atoms with Crippen molar-refractivity contribution in [1.29, 1.82) is 0 Å². The lowest BCUT2D eigenvalue weighted by Gasteiger charge is -2.15. The van der Waals surface area contributed by atoms with Gasteiger partial charge in [0.1, 0.15) is 5.75 Å². The fraction of sp³-hybridized carbons (Fsp3) is 0.294. The highest BCUT2D eigenvalue weighted by molar-refractivity contribution is 5.35. The molecule has 1 unspecified atom stereocenters. The van der Waals surface area contributed by atoms with Gasteiger partial charge in [-0.3, -0.25) is 0 Å². The number of hydrogen-bond acceptors (Lipinski definition) is 2. The Bertz CT molecular complexity index is 563. The Kier molecular flexibility index (Phi) is 4.23. The summed E-state index contributed by atoms with van der Waals surface area (Å²) in [6.45, 7) is 4.24. The molecule has 2 aromatic rings. The van der Waals surface area contributed by atoms with E-state index >= 15 is 0 Å². The Morgan fingerprint density at radius 2 is 1.89 bits per heavy atom. The third-order valence-electron chi connectivity index (χ3n) is 3.47. The molecule has 0 saturated heterocycles. The summed E-state index contributed by atoms with van der Waals surface area (Å²) in [5, 5.41) is 0. The zero-order chi connectivity index (χ0) is 13.8. The lowest BCUT2D eigenvalue weighted by Crippen LogP contribution is -2.14. The molecule has 2 nitrogen and oxygen atoms in total. The van der Waals surface area contributed by atoms with E-state index in [1.54, 1.807) is 7.11 Å². The van der Waals surface area contributed by atoms with Crippen LogP contribution in [0, 0.1) is 13.8 Å². The molecule has 19 heavy (non-hydrogen) atoms. The minimum absolute atomic E-state index is 0.00407. The highest BCUT2D eigenvalue weighted by Gasteiger charge is 2.10. The summed E-state index contributed by atoms with van der Waals surface area (Å²) in [5.41, 5.74) is 11.3. The SMILES string of the molecule is COc1cccc(C(N)Cc2cc(C)ccc2C)c1. The largest absolute Gasteiger partial charge is 0.497 e. The van der Waals surface area contributed by atoms with Gasteiger partial charge in [-0.25, -0.2) is 0 Å². The third-order valence-corrected chi connectivity index (χ3v) is 3.47. The van der Waals surface area contributed by atoms with Gasteiger partial charge in [0.25, 0.3) is 0 Å². The van der Waals surface area contributed by atoms with Gasteiger partial charge in [-0.15, -0.1) is 0 Å². The minimum atomic E-state index is -0.00407. The minimum Gasteiger partial charge on any atom is -0.497 e. The van der Waals surface area contributed by atoms with Gasteiger partial charge < -0.3 is 10.5 Å². The topological polar surface area (TPSA) is 35.2 Å². The van der Waals surface area contributed by atoms with Crippen molar-refractivity contribution in [1.82, 2.24) is 0 Å². The predicted molar refractivity (Wildman–Crippen MR) is 79.5 cm³/mol. The van der Waals surface area contributed by atoms with Crippen molar-refractivity contribution in [2.45, 2.75) is 26.3 Å². The summed E-state index contributed by atoms with van der Waals surface area (Å²) in [7, 11) is 1.68. The molecule has 2 heteroatoms. The van der Waals surface area contributed by atoms with Crippen LogP contribution in [0.25, 0.3) is 0 Å². The molecule has 0 heterocycles. The van der Waals surface area contributed by atoms with Crippen LogP contribution in [0.5, 0.6) is 5.75 Å². The van der Waals surface area contributed by atoms with Crippen LogP contribution in [0.15, 0.2) is 42.5 Å². The summed E-state index contributed by atoms with van der Waals surface area (Å²) >= 11 is 0. The van der Waals surface area contributed by atoms with Crippen LogP contribution >= 0.6 is 0 Å². The van der Waals surface area contributed by atoms with E-state index in [9.17, 15) is 0 Å². The number of nitrogens with two attached hydrogens (primary N) is 1. The van der Waals surface area contributed by atoms with Gasteiger partial charge in [-0.1, -0.05) is 35.9 Å². The summed E-state index contributed by atoms with van der Waals surface area (Å²) in [4.78, 5) is 0. The van der Waals surface area contributed by atoms with Gasteiger partial charge in [0.15, 0.2) is 0 Å². The second kappa shape index (κ2) is 5.89. The van der Waals surface area contributed by atoms with Gasteiger partial charge in [0.05, 0.1) is 7.11 Å². The van der Waals surface area contributed by atoms with Crippen LogP contribution in [0.4, 0.5) is 0 Å². The highest BCUT2D eigenvalue weighted by Crippen LogP contribution is 2.22. The van der Waals surface area contributed by atoms with Crippen molar-refractivity contribution in [3.05, 3.63) is 64.7 Å². The molecule has 2 N–H and O–H groups in total. The normalized spacial score (nSPS) is 12.2. The lowest BCUT2D eigenvalue weighted by molar-refractivity contribution is 0.414. The van der Waals surface area contributed by atoms with Crippen molar-refractivity contribution in [2.75, 3.05) is 7.11 Å². The zero-order valence-corrected chi connectivity index (χ0v) is 11.8. The second-order valence-electron chi connectivity index (χ2n) is 5.02. The molecule has 0 aliphatic heterocycles. The van der Waals surface area contributed by atoms with Gasteiger partial charge in [-0.2, -0.15) is 0 Å². The fourth-order valence-corrected chi connectivity index (χ4v) is 2.25. The van der Waals surface area contributed by atoms with Crippen molar-refractivity contribution >= 4 is 0 Å². The Morgan fingerprint density at radius 1 is 1.11 bits per heavy atom. The average Bonchev–Trinajstić information content (AvgIpc) is 2.43. The number of rotatable bonds is 4. The monoisotopic (exact) mass is 255 g/mol. The van der Waals surface area contributed by atoms with E-state index < -0.39 is 0 Å². The molecule has 0 aliphatic carbocycles.